The van der Waals surface area contributed by atoms with E-state index >= 15 is 0 Å². The van der Waals surface area contributed by atoms with Crippen molar-refractivity contribution in [1.82, 2.24) is 19.5 Å². The molecular formula is C19H16ClN7O5. The van der Waals surface area contributed by atoms with E-state index in [9.17, 15) is 9.59 Å². The number of rotatable bonds is 6. The van der Waals surface area contributed by atoms with Gasteiger partial charge in [-0.25, -0.2) is 19.7 Å². The molecule has 0 spiro atoms. The molecule has 12 nitrogen and oxygen atoms in total. The van der Waals surface area contributed by atoms with Crippen LogP contribution in [0.25, 0.3) is 21.6 Å². The van der Waals surface area contributed by atoms with Crippen LogP contribution in [0.2, 0.25) is 5.15 Å². The molecular weight excluding hydrogens is 442 g/mol. The van der Waals surface area contributed by atoms with E-state index in [0.29, 0.717) is 16.7 Å². The Labute approximate surface area is 185 Å². The molecule has 0 amide bonds. The molecule has 4 rings (SSSR count). The molecule has 3 heterocycles. The number of aromatic nitrogens is 4. The highest BCUT2D eigenvalue weighted by Crippen LogP contribution is 2.36. The summed E-state index contributed by atoms with van der Waals surface area (Å²) in [6.45, 7) is 0.978. The molecule has 0 bridgehead atoms. The van der Waals surface area contributed by atoms with Gasteiger partial charge < -0.3 is 14.2 Å². The molecule has 0 aliphatic carbocycles. The number of carbonyl (C=O) groups excluding carboxylic acids is 2. The maximum absolute atomic E-state index is 12.3. The van der Waals surface area contributed by atoms with Crippen molar-refractivity contribution in [3.05, 3.63) is 64.1 Å². The fraction of sp³-hybridized carbons (Fsp3) is 0.316. The molecule has 1 fully saturated rings. The zero-order chi connectivity index (χ0) is 22.7. The highest BCUT2D eigenvalue weighted by Gasteiger charge is 2.48. The second-order valence-electron chi connectivity index (χ2n) is 6.79. The Morgan fingerprint density at radius 1 is 1.28 bits per heavy atom. The van der Waals surface area contributed by atoms with E-state index < -0.39 is 36.4 Å². The highest BCUT2D eigenvalue weighted by atomic mass is 35.5. The summed E-state index contributed by atoms with van der Waals surface area (Å²) in [7, 11) is 0. The average molecular weight is 458 g/mol. The SMILES string of the molecule is CC(=O)OC1C(N=[N+]=[N-])C(COC(=O)c2ccccc2)OC1n1cnc2c(Cl)ncnc21. The van der Waals surface area contributed by atoms with E-state index in [1.807, 2.05) is 0 Å². The minimum absolute atomic E-state index is 0.135. The molecule has 1 saturated heterocycles. The van der Waals surface area contributed by atoms with Gasteiger partial charge in [0.25, 0.3) is 0 Å². The molecule has 0 radical (unpaired) electrons. The number of hydrogen-bond donors (Lipinski definition) is 0. The van der Waals surface area contributed by atoms with Crippen LogP contribution in [0.4, 0.5) is 0 Å². The van der Waals surface area contributed by atoms with Crippen molar-refractivity contribution >= 4 is 34.7 Å². The molecule has 13 heteroatoms. The number of hydrogen-bond acceptors (Lipinski definition) is 9. The number of imidazole rings is 1. The summed E-state index contributed by atoms with van der Waals surface area (Å²) in [6, 6.07) is 7.41. The first kappa shape index (κ1) is 21.5. The highest BCUT2D eigenvalue weighted by molar-refractivity contribution is 6.33. The molecule has 2 aromatic heterocycles. The predicted octanol–water partition coefficient (Wildman–Crippen LogP) is 2.84. The first-order valence-corrected chi connectivity index (χ1v) is 9.79. The first-order valence-electron chi connectivity index (χ1n) is 9.41. The second-order valence-corrected chi connectivity index (χ2v) is 7.15. The van der Waals surface area contributed by atoms with Crippen molar-refractivity contribution < 1.29 is 23.8 Å². The minimum atomic E-state index is -1.03. The van der Waals surface area contributed by atoms with Crippen LogP contribution < -0.4 is 0 Å². The third-order valence-corrected chi connectivity index (χ3v) is 5.05. The number of ether oxygens (including phenoxy) is 3. The summed E-state index contributed by atoms with van der Waals surface area (Å²) >= 11 is 6.07. The molecule has 0 N–H and O–H groups in total. The summed E-state index contributed by atoms with van der Waals surface area (Å²) < 4.78 is 18.3. The van der Waals surface area contributed by atoms with E-state index in [1.54, 1.807) is 30.3 Å². The lowest BCUT2D eigenvalue weighted by Gasteiger charge is -2.21. The number of nitrogens with zero attached hydrogens (tertiary/aromatic N) is 7. The number of carbonyl (C=O) groups is 2. The molecule has 0 saturated carbocycles. The molecule has 1 aliphatic heterocycles. The Kier molecular flexibility index (Phi) is 6.17. The third kappa shape index (κ3) is 4.19. The Morgan fingerprint density at radius 2 is 2.06 bits per heavy atom. The molecule has 32 heavy (non-hydrogen) atoms. The van der Waals surface area contributed by atoms with Crippen molar-refractivity contribution in [3.8, 4) is 0 Å². The third-order valence-electron chi connectivity index (χ3n) is 4.78. The fourth-order valence-electron chi connectivity index (χ4n) is 3.42. The Morgan fingerprint density at radius 3 is 2.78 bits per heavy atom. The monoisotopic (exact) mass is 457 g/mol. The number of fused-ring (bicyclic) bond motifs is 1. The minimum Gasteiger partial charge on any atom is -0.459 e. The first-order chi connectivity index (χ1) is 15.5. The van der Waals surface area contributed by atoms with Crippen molar-refractivity contribution in [2.24, 2.45) is 5.11 Å². The number of esters is 2. The van der Waals surface area contributed by atoms with Gasteiger partial charge in [0.15, 0.2) is 23.1 Å². The molecule has 3 aromatic rings. The van der Waals surface area contributed by atoms with Crippen molar-refractivity contribution in [1.29, 1.82) is 0 Å². The van der Waals surface area contributed by atoms with E-state index in [-0.39, 0.29) is 11.8 Å². The maximum Gasteiger partial charge on any atom is 0.338 e. The van der Waals surface area contributed by atoms with Gasteiger partial charge in [0, 0.05) is 11.8 Å². The van der Waals surface area contributed by atoms with Crippen LogP contribution in [0.1, 0.15) is 23.5 Å². The largest absolute Gasteiger partial charge is 0.459 e. The number of azide groups is 1. The summed E-state index contributed by atoms with van der Waals surface area (Å²) in [5.41, 5.74) is 10.1. The van der Waals surface area contributed by atoms with Crippen LogP contribution in [0.5, 0.6) is 0 Å². The smallest absolute Gasteiger partial charge is 0.338 e. The van der Waals surface area contributed by atoms with Gasteiger partial charge in [-0.3, -0.25) is 9.36 Å². The Hall–Kier alpha value is -3.73. The van der Waals surface area contributed by atoms with E-state index in [4.69, 9.17) is 31.3 Å². The van der Waals surface area contributed by atoms with Gasteiger partial charge in [-0.05, 0) is 17.7 Å². The summed E-state index contributed by atoms with van der Waals surface area (Å²) in [5, 5.41) is 3.88. The average Bonchev–Trinajstić information content (AvgIpc) is 3.35. The van der Waals surface area contributed by atoms with E-state index in [0.717, 1.165) is 0 Å². The van der Waals surface area contributed by atoms with Gasteiger partial charge >= 0.3 is 11.9 Å². The topological polar surface area (TPSA) is 154 Å². The van der Waals surface area contributed by atoms with E-state index in [1.165, 1.54) is 24.1 Å². The lowest BCUT2D eigenvalue weighted by atomic mass is 10.1. The molecule has 4 unspecified atom stereocenters. The summed E-state index contributed by atoms with van der Waals surface area (Å²) in [5.74, 6) is -1.19. The zero-order valence-corrected chi connectivity index (χ0v) is 17.4. The van der Waals surface area contributed by atoms with Gasteiger partial charge in [-0.2, -0.15) is 0 Å². The van der Waals surface area contributed by atoms with Crippen LogP contribution >= 0.6 is 11.6 Å². The molecule has 1 aliphatic rings. The van der Waals surface area contributed by atoms with Gasteiger partial charge in [0.05, 0.1) is 11.9 Å². The predicted molar refractivity (Wildman–Crippen MR) is 109 cm³/mol. The van der Waals surface area contributed by atoms with Gasteiger partial charge in [0.1, 0.15) is 30.6 Å². The van der Waals surface area contributed by atoms with Crippen molar-refractivity contribution in [2.75, 3.05) is 6.61 Å². The lowest BCUT2D eigenvalue weighted by Crippen LogP contribution is -2.36. The molecule has 1 aromatic carbocycles. The lowest BCUT2D eigenvalue weighted by molar-refractivity contribution is -0.152. The zero-order valence-electron chi connectivity index (χ0n) is 16.6. The van der Waals surface area contributed by atoms with Crippen molar-refractivity contribution in [2.45, 2.75) is 31.4 Å². The summed E-state index contributed by atoms with van der Waals surface area (Å²) in [4.78, 5) is 39.2. The number of halogens is 1. The van der Waals surface area contributed by atoms with Crippen LogP contribution in [-0.2, 0) is 19.0 Å². The van der Waals surface area contributed by atoms with Crippen LogP contribution in [-0.4, -0.2) is 56.3 Å². The fourth-order valence-corrected chi connectivity index (χ4v) is 3.60. The Bertz CT molecular complexity index is 1200. The van der Waals surface area contributed by atoms with Gasteiger partial charge in [-0.1, -0.05) is 34.9 Å². The number of benzene rings is 1. The van der Waals surface area contributed by atoms with Gasteiger partial charge in [0.2, 0.25) is 0 Å². The normalized spacial score (nSPS) is 22.3. The van der Waals surface area contributed by atoms with Crippen LogP contribution in [0.3, 0.4) is 0 Å². The second kappa shape index (κ2) is 9.18. The van der Waals surface area contributed by atoms with Crippen LogP contribution in [0.15, 0.2) is 48.1 Å². The van der Waals surface area contributed by atoms with Gasteiger partial charge in [-0.15, -0.1) is 0 Å². The molecule has 4 atom stereocenters. The molecule has 164 valence electrons. The quantitative estimate of drug-likeness (QED) is 0.180. The summed E-state index contributed by atoms with van der Waals surface area (Å²) in [6.07, 6.45) is -0.246. The van der Waals surface area contributed by atoms with Crippen molar-refractivity contribution in [3.63, 3.8) is 0 Å². The van der Waals surface area contributed by atoms with E-state index in [2.05, 4.69) is 25.0 Å². The van der Waals surface area contributed by atoms with Crippen LogP contribution in [0, 0.1) is 0 Å². The maximum atomic E-state index is 12.3. The standard InChI is InChI=1S/C19H16ClN7O5/c1-10(28)31-15-13(25-26-21)12(7-30-19(29)11-5-3-2-4-6-11)32-18(15)27-9-24-14-16(20)22-8-23-17(14)27/h2-6,8-9,12-13,15,18H,7H2,1H3. The Balaban J connectivity index is 1.64.